The zero-order valence-electron chi connectivity index (χ0n) is 20.7. The second-order valence-electron chi connectivity index (χ2n) is 10.3. The van der Waals surface area contributed by atoms with Gasteiger partial charge in [0.15, 0.2) is 0 Å². The van der Waals surface area contributed by atoms with Crippen LogP contribution in [0.4, 0.5) is 5.69 Å². The van der Waals surface area contributed by atoms with Gasteiger partial charge in [-0.3, -0.25) is 9.69 Å². The fourth-order valence-corrected chi connectivity index (χ4v) is 6.50. The van der Waals surface area contributed by atoms with Crippen LogP contribution in [0.15, 0.2) is 83.8 Å². The Labute approximate surface area is 218 Å². The summed E-state index contributed by atoms with van der Waals surface area (Å²) in [7, 11) is -3.79. The van der Waals surface area contributed by atoms with Crippen molar-refractivity contribution in [2.75, 3.05) is 11.9 Å². The highest BCUT2D eigenvalue weighted by molar-refractivity contribution is 7.89. The number of primary sulfonamides is 1. The largest absolute Gasteiger partial charge is 0.508 e. The van der Waals surface area contributed by atoms with Crippen LogP contribution in [0, 0.1) is 5.92 Å². The van der Waals surface area contributed by atoms with Gasteiger partial charge in [0.2, 0.25) is 15.9 Å². The molecule has 5 rings (SSSR count). The van der Waals surface area contributed by atoms with Crippen molar-refractivity contribution in [2.45, 2.75) is 55.0 Å². The van der Waals surface area contributed by atoms with Crippen molar-refractivity contribution in [3.8, 4) is 5.75 Å². The average Bonchev–Trinajstić information content (AvgIpc) is 3.10. The van der Waals surface area contributed by atoms with E-state index in [1.165, 1.54) is 17.7 Å². The summed E-state index contributed by atoms with van der Waals surface area (Å²) in [6.07, 6.45) is 4.90. The summed E-state index contributed by atoms with van der Waals surface area (Å²) < 4.78 is 23.1. The molecule has 0 aliphatic carbocycles. The number of carbonyl (C=O) groups is 1. The number of piperidine rings is 1. The number of anilines is 1. The Morgan fingerprint density at radius 1 is 0.973 bits per heavy atom. The van der Waals surface area contributed by atoms with E-state index in [1.807, 2.05) is 42.5 Å². The lowest BCUT2D eigenvalue weighted by Gasteiger charge is -2.40. The first-order valence-corrected chi connectivity index (χ1v) is 14.3. The van der Waals surface area contributed by atoms with Gasteiger partial charge in [0.1, 0.15) is 5.75 Å². The van der Waals surface area contributed by atoms with Gasteiger partial charge in [-0.25, -0.2) is 13.6 Å². The van der Waals surface area contributed by atoms with Crippen molar-refractivity contribution >= 4 is 21.6 Å². The van der Waals surface area contributed by atoms with E-state index in [-0.39, 0.29) is 16.7 Å². The molecule has 0 spiro atoms. The molecule has 0 aromatic heterocycles. The SMILES string of the molecule is NS(=O)(=O)c1ccc(NC(=O)C(Cc2ccccc2)CN2[C@@H]3CC[C@@H]2CC(c2cccc(O)c2)C3)cc1. The number of sulfonamides is 1. The lowest BCUT2D eigenvalue weighted by molar-refractivity contribution is -0.120. The van der Waals surface area contributed by atoms with Crippen molar-refractivity contribution < 1.29 is 18.3 Å². The Bertz CT molecular complexity index is 1330. The Hall–Kier alpha value is -3.20. The maximum absolute atomic E-state index is 13.5. The number of benzene rings is 3. The van der Waals surface area contributed by atoms with Crippen molar-refractivity contribution in [3.63, 3.8) is 0 Å². The minimum Gasteiger partial charge on any atom is -0.508 e. The molecule has 2 aliphatic heterocycles. The number of aromatic hydroxyl groups is 1. The third-order valence-corrected chi connectivity index (χ3v) is 8.73. The van der Waals surface area contributed by atoms with Crippen LogP contribution in [-0.4, -0.2) is 43.0 Å². The van der Waals surface area contributed by atoms with E-state index in [0.717, 1.165) is 31.2 Å². The molecule has 2 aliphatic rings. The van der Waals surface area contributed by atoms with Gasteiger partial charge in [0.25, 0.3) is 0 Å². The summed E-state index contributed by atoms with van der Waals surface area (Å²) in [6, 6.07) is 24.4. The van der Waals surface area contributed by atoms with Crippen LogP contribution in [0.1, 0.15) is 42.7 Å². The zero-order chi connectivity index (χ0) is 26.0. The zero-order valence-corrected chi connectivity index (χ0v) is 21.5. The van der Waals surface area contributed by atoms with E-state index in [4.69, 9.17) is 5.14 Å². The Morgan fingerprint density at radius 2 is 1.65 bits per heavy atom. The van der Waals surface area contributed by atoms with Crippen LogP contribution in [0.5, 0.6) is 5.75 Å². The number of nitrogens with one attached hydrogen (secondary N) is 1. The molecular formula is C29H33N3O4S. The number of hydrogen-bond donors (Lipinski definition) is 3. The minimum atomic E-state index is -3.79. The van der Waals surface area contributed by atoms with Crippen LogP contribution >= 0.6 is 0 Å². The first-order valence-electron chi connectivity index (χ1n) is 12.8. The van der Waals surface area contributed by atoms with Gasteiger partial charge in [0, 0.05) is 24.3 Å². The topological polar surface area (TPSA) is 113 Å². The van der Waals surface area contributed by atoms with Crippen LogP contribution in [-0.2, 0) is 21.2 Å². The molecule has 2 bridgehead atoms. The number of hydrogen-bond acceptors (Lipinski definition) is 5. The maximum Gasteiger partial charge on any atom is 0.238 e. The van der Waals surface area contributed by atoms with Gasteiger partial charge in [-0.1, -0.05) is 42.5 Å². The van der Waals surface area contributed by atoms with E-state index < -0.39 is 10.0 Å². The quantitative estimate of drug-likeness (QED) is 0.412. The van der Waals surface area contributed by atoms with Gasteiger partial charge in [-0.2, -0.15) is 0 Å². The number of phenols is 1. The fourth-order valence-electron chi connectivity index (χ4n) is 5.99. The summed E-state index contributed by atoms with van der Waals surface area (Å²) in [5, 5.41) is 18.1. The summed E-state index contributed by atoms with van der Waals surface area (Å²) in [5.41, 5.74) is 2.84. The Balaban J connectivity index is 1.32. The van der Waals surface area contributed by atoms with Crippen LogP contribution in [0.3, 0.4) is 0 Å². The lowest BCUT2D eigenvalue weighted by Crippen LogP contribution is -2.47. The van der Waals surface area contributed by atoms with E-state index in [0.29, 0.717) is 42.4 Å². The van der Waals surface area contributed by atoms with E-state index in [1.54, 1.807) is 18.2 Å². The first kappa shape index (κ1) is 25.4. The first-order chi connectivity index (χ1) is 17.8. The molecule has 2 fully saturated rings. The molecule has 1 unspecified atom stereocenters. The van der Waals surface area contributed by atoms with Crippen molar-refractivity contribution in [1.82, 2.24) is 4.90 Å². The third-order valence-electron chi connectivity index (χ3n) is 7.80. The van der Waals surface area contributed by atoms with E-state index in [2.05, 4.69) is 16.3 Å². The number of nitrogens with zero attached hydrogens (tertiary/aromatic N) is 1. The third kappa shape index (κ3) is 6.04. The summed E-state index contributed by atoms with van der Waals surface area (Å²) in [6.45, 7) is 0.665. The predicted octanol–water partition coefficient (Wildman–Crippen LogP) is 4.25. The molecule has 4 N–H and O–H groups in total. The van der Waals surface area contributed by atoms with Crippen molar-refractivity contribution in [1.29, 1.82) is 0 Å². The number of amides is 1. The number of nitrogens with two attached hydrogens (primary N) is 1. The molecule has 194 valence electrons. The number of carbonyl (C=O) groups excluding carboxylic acids is 1. The van der Waals surface area contributed by atoms with E-state index >= 15 is 0 Å². The molecule has 2 heterocycles. The molecule has 7 nitrogen and oxygen atoms in total. The maximum atomic E-state index is 13.5. The van der Waals surface area contributed by atoms with Gasteiger partial charge in [-0.15, -0.1) is 0 Å². The molecule has 0 saturated carbocycles. The number of rotatable bonds is 8. The second-order valence-corrected chi connectivity index (χ2v) is 11.9. The summed E-state index contributed by atoms with van der Waals surface area (Å²) in [4.78, 5) is 16.1. The molecule has 3 aromatic rings. The number of fused-ring (bicyclic) bond motifs is 2. The summed E-state index contributed by atoms with van der Waals surface area (Å²) >= 11 is 0. The monoisotopic (exact) mass is 519 g/mol. The second kappa shape index (κ2) is 10.7. The number of phenolic OH excluding ortho intramolecular Hbond substituents is 1. The van der Waals surface area contributed by atoms with Gasteiger partial charge < -0.3 is 10.4 Å². The minimum absolute atomic E-state index is 0.0116. The summed E-state index contributed by atoms with van der Waals surface area (Å²) in [5.74, 6) is 0.381. The smallest absolute Gasteiger partial charge is 0.238 e. The Morgan fingerprint density at radius 3 is 2.27 bits per heavy atom. The van der Waals surface area contributed by atoms with Gasteiger partial charge in [0.05, 0.1) is 10.8 Å². The normalized spacial score (nSPS) is 22.5. The highest BCUT2D eigenvalue weighted by Crippen LogP contribution is 2.44. The van der Waals surface area contributed by atoms with E-state index in [9.17, 15) is 18.3 Å². The molecule has 3 atom stereocenters. The molecule has 3 aromatic carbocycles. The van der Waals surface area contributed by atoms with Crippen LogP contribution in [0.25, 0.3) is 0 Å². The van der Waals surface area contributed by atoms with Gasteiger partial charge >= 0.3 is 0 Å². The fraction of sp³-hybridized carbons (Fsp3) is 0.345. The molecule has 37 heavy (non-hydrogen) atoms. The lowest BCUT2D eigenvalue weighted by atomic mass is 9.84. The van der Waals surface area contributed by atoms with Crippen LogP contribution < -0.4 is 10.5 Å². The highest BCUT2D eigenvalue weighted by Gasteiger charge is 2.42. The predicted molar refractivity (Wildman–Crippen MR) is 144 cm³/mol. The highest BCUT2D eigenvalue weighted by atomic mass is 32.2. The van der Waals surface area contributed by atoms with Crippen molar-refractivity contribution in [2.24, 2.45) is 11.1 Å². The Kier molecular flexibility index (Phi) is 7.33. The molecular weight excluding hydrogens is 486 g/mol. The molecule has 1 amide bonds. The molecule has 2 saturated heterocycles. The van der Waals surface area contributed by atoms with Gasteiger partial charge in [-0.05, 0) is 85.5 Å². The van der Waals surface area contributed by atoms with Crippen molar-refractivity contribution in [3.05, 3.63) is 90.0 Å². The standard InChI is InChI=1S/C29H33N3O4S/c30-37(35,36)28-13-9-24(10-14-28)31-29(34)23(15-20-5-2-1-3-6-20)19-32-25-11-12-26(32)17-22(16-25)21-7-4-8-27(33)18-21/h1-10,13-14,18,22-23,25-26,33H,11-12,15-17,19H2,(H,31,34)(H2,30,35,36)/t23?,25-,26-/m1/s1. The molecule has 8 heteroatoms. The average molecular weight is 520 g/mol. The van der Waals surface area contributed by atoms with Crippen LogP contribution in [0.2, 0.25) is 0 Å². The molecule has 0 radical (unpaired) electrons.